The zero-order valence-electron chi connectivity index (χ0n) is 33.9. The van der Waals surface area contributed by atoms with Gasteiger partial charge in [-0.15, -0.1) is 0 Å². The first kappa shape index (κ1) is 49.6. The van der Waals surface area contributed by atoms with E-state index in [2.05, 4.69) is 38.2 Å². The number of hydrogen-bond donors (Lipinski definition) is 3. The Kier molecular flexibility index (Phi) is 37.9. The molecule has 52 heavy (non-hydrogen) atoms. The van der Waals surface area contributed by atoms with Gasteiger partial charge in [-0.25, -0.2) is 0 Å². The molecule has 3 N–H and O–H groups in total. The number of esters is 1. The number of amides is 1. The Morgan fingerprint density at radius 3 is 1.54 bits per heavy atom. The fraction of sp³-hybridized carbons (Fsp3) is 0.739. The van der Waals surface area contributed by atoms with Crippen LogP contribution in [0.15, 0.2) is 60.8 Å². The first-order valence-corrected chi connectivity index (χ1v) is 21.6. The fourth-order valence-electron chi connectivity index (χ4n) is 6.22. The minimum Gasteiger partial charge on any atom is -0.462 e. The highest BCUT2D eigenvalue weighted by Crippen LogP contribution is 2.16. The highest BCUT2D eigenvalue weighted by atomic mass is 16.5. The van der Waals surface area contributed by atoms with E-state index in [1.165, 1.54) is 89.9 Å². The van der Waals surface area contributed by atoms with Crippen molar-refractivity contribution in [2.75, 3.05) is 6.61 Å². The van der Waals surface area contributed by atoms with Crippen LogP contribution in [0.4, 0.5) is 0 Å². The maximum atomic E-state index is 13.1. The first-order chi connectivity index (χ1) is 25.5. The molecule has 0 aliphatic rings. The summed E-state index contributed by atoms with van der Waals surface area (Å²) in [5.74, 6) is -0.553. The molecule has 3 atom stereocenters. The van der Waals surface area contributed by atoms with Crippen LogP contribution in [-0.2, 0) is 14.3 Å². The normalized spacial score (nSPS) is 14.0. The van der Waals surface area contributed by atoms with Crippen molar-refractivity contribution in [1.29, 1.82) is 0 Å². The van der Waals surface area contributed by atoms with Crippen LogP contribution in [0.1, 0.15) is 194 Å². The lowest BCUT2D eigenvalue weighted by molar-refractivity contribution is -0.151. The summed E-state index contributed by atoms with van der Waals surface area (Å²) in [6.07, 6.45) is 47.1. The summed E-state index contributed by atoms with van der Waals surface area (Å²) in [6, 6.07) is -0.721. The molecule has 0 aliphatic heterocycles. The summed E-state index contributed by atoms with van der Waals surface area (Å²) in [5, 5.41) is 23.5. The molecule has 0 aromatic carbocycles. The molecular weight excluding hydrogens is 647 g/mol. The van der Waals surface area contributed by atoms with Crippen LogP contribution in [0.25, 0.3) is 0 Å². The van der Waals surface area contributed by atoms with Crippen LogP contribution in [0.3, 0.4) is 0 Å². The van der Waals surface area contributed by atoms with Gasteiger partial charge in [0.15, 0.2) is 0 Å². The zero-order valence-corrected chi connectivity index (χ0v) is 33.9. The van der Waals surface area contributed by atoms with E-state index in [0.717, 1.165) is 57.8 Å². The molecule has 0 aromatic heterocycles. The molecule has 0 rings (SSSR count). The van der Waals surface area contributed by atoms with Gasteiger partial charge in [0, 0.05) is 6.42 Å². The molecule has 0 bridgehead atoms. The number of aliphatic hydroxyl groups is 2. The molecule has 0 spiro atoms. The van der Waals surface area contributed by atoms with Crippen molar-refractivity contribution in [2.24, 2.45) is 0 Å². The van der Waals surface area contributed by atoms with Gasteiger partial charge in [-0.3, -0.25) is 9.59 Å². The standard InChI is InChI=1S/C46H81NO5/c1-4-7-10-13-16-19-21-22-24-26-28-31-34-37-42(52-46(51)39-36-33-30-25-18-15-12-9-6-3)40-45(50)47-43(41-48)44(49)38-35-32-29-27-23-20-17-14-11-8-5-2/h7,10,13,16,19,21-22,24,26,28,42-44,48-49H,4-6,8-9,11-12,14-15,17-18,20,23,25,27,29-41H2,1-3H3,(H,47,50)/b10-7+,16-13+,21-19-,24-22-,28-26+. The van der Waals surface area contributed by atoms with Crippen LogP contribution in [-0.4, -0.2) is 46.9 Å². The Morgan fingerprint density at radius 1 is 0.577 bits per heavy atom. The third kappa shape index (κ3) is 34.6. The van der Waals surface area contributed by atoms with Crippen molar-refractivity contribution < 1.29 is 24.5 Å². The van der Waals surface area contributed by atoms with E-state index in [4.69, 9.17) is 4.74 Å². The van der Waals surface area contributed by atoms with Crippen molar-refractivity contribution in [2.45, 2.75) is 212 Å². The van der Waals surface area contributed by atoms with Gasteiger partial charge in [0.05, 0.1) is 25.2 Å². The molecule has 0 saturated heterocycles. The zero-order chi connectivity index (χ0) is 38.2. The number of rotatable bonds is 37. The molecular formula is C46H81NO5. The average molecular weight is 728 g/mol. The number of carbonyl (C=O) groups is 2. The molecule has 0 fully saturated rings. The Labute approximate surface area is 320 Å². The smallest absolute Gasteiger partial charge is 0.306 e. The number of hydrogen-bond acceptors (Lipinski definition) is 5. The second-order valence-corrected chi connectivity index (χ2v) is 14.5. The maximum absolute atomic E-state index is 13.1. The van der Waals surface area contributed by atoms with Crippen LogP contribution in [0.5, 0.6) is 0 Å². The fourth-order valence-corrected chi connectivity index (χ4v) is 6.22. The van der Waals surface area contributed by atoms with Gasteiger partial charge in [-0.05, 0) is 38.5 Å². The van der Waals surface area contributed by atoms with Crippen molar-refractivity contribution in [3.8, 4) is 0 Å². The minimum absolute atomic E-state index is 0.0283. The number of aliphatic hydroxyl groups excluding tert-OH is 2. The van der Waals surface area contributed by atoms with Gasteiger partial charge in [0.1, 0.15) is 6.10 Å². The Morgan fingerprint density at radius 2 is 1.04 bits per heavy atom. The number of unbranched alkanes of at least 4 members (excludes halogenated alkanes) is 19. The molecule has 0 saturated carbocycles. The van der Waals surface area contributed by atoms with E-state index < -0.39 is 18.2 Å². The average Bonchev–Trinajstić information content (AvgIpc) is 3.13. The van der Waals surface area contributed by atoms with E-state index in [1.54, 1.807) is 0 Å². The monoisotopic (exact) mass is 728 g/mol. The summed E-state index contributed by atoms with van der Waals surface area (Å²) in [4.78, 5) is 25.8. The number of ether oxygens (including phenoxy) is 1. The SMILES string of the molecule is CC/C=C/C=C/C=C\C=C/C=C/CCCC(CC(=O)NC(CO)C(O)CCCCCCCCCCCCC)OC(=O)CCCCCCCCCCC. The maximum Gasteiger partial charge on any atom is 0.306 e. The quantitative estimate of drug-likeness (QED) is 0.0336. The molecule has 6 heteroatoms. The Hall–Kier alpha value is -2.44. The molecule has 0 aliphatic carbocycles. The van der Waals surface area contributed by atoms with E-state index in [-0.39, 0.29) is 24.9 Å². The predicted molar refractivity (Wildman–Crippen MR) is 222 cm³/mol. The van der Waals surface area contributed by atoms with Crippen LogP contribution < -0.4 is 5.32 Å². The summed E-state index contributed by atoms with van der Waals surface area (Å²) < 4.78 is 5.84. The second-order valence-electron chi connectivity index (χ2n) is 14.5. The number of carbonyl (C=O) groups excluding carboxylic acids is 2. The topological polar surface area (TPSA) is 95.9 Å². The minimum atomic E-state index is -0.804. The first-order valence-electron chi connectivity index (χ1n) is 21.6. The summed E-state index contributed by atoms with van der Waals surface area (Å²) in [7, 11) is 0. The van der Waals surface area contributed by atoms with Crippen molar-refractivity contribution in [1.82, 2.24) is 5.32 Å². The molecule has 0 aromatic rings. The van der Waals surface area contributed by atoms with Gasteiger partial charge in [0.2, 0.25) is 5.91 Å². The number of allylic oxidation sites excluding steroid dienone is 10. The Bertz CT molecular complexity index is 952. The van der Waals surface area contributed by atoms with Crippen LogP contribution in [0, 0.1) is 0 Å². The predicted octanol–water partition coefficient (Wildman–Crippen LogP) is 12.1. The van der Waals surface area contributed by atoms with E-state index >= 15 is 0 Å². The summed E-state index contributed by atoms with van der Waals surface area (Å²) >= 11 is 0. The highest BCUT2D eigenvalue weighted by molar-refractivity contribution is 5.77. The van der Waals surface area contributed by atoms with E-state index in [9.17, 15) is 19.8 Å². The van der Waals surface area contributed by atoms with Gasteiger partial charge < -0.3 is 20.3 Å². The van der Waals surface area contributed by atoms with Gasteiger partial charge in [0.25, 0.3) is 0 Å². The lowest BCUT2D eigenvalue weighted by atomic mass is 10.0. The van der Waals surface area contributed by atoms with Crippen molar-refractivity contribution in [3.05, 3.63) is 60.8 Å². The van der Waals surface area contributed by atoms with Gasteiger partial charge in [-0.1, -0.05) is 204 Å². The van der Waals surface area contributed by atoms with Crippen molar-refractivity contribution in [3.63, 3.8) is 0 Å². The molecule has 3 unspecified atom stereocenters. The molecule has 6 nitrogen and oxygen atoms in total. The third-order valence-corrected chi connectivity index (χ3v) is 9.49. The van der Waals surface area contributed by atoms with E-state index in [0.29, 0.717) is 19.3 Å². The second kappa shape index (κ2) is 39.8. The Balaban J connectivity index is 4.74. The molecule has 1 amide bonds. The highest BCUT2D eigenvalue weighted by Gasteiger charge is 2.23. The lowest BCUT2D eigenvalue weighted by Crippen LogP contribution is -2.46. The van der Waals surface area contributed by atoms with Crippen molar-refractivity contribution >= 4 is 11.9 Å². The van der Waals surface area contributed by atoms with Gasteiger partial charge >= 0.3 is 5.97 Å². The third-order valence-electron chi connectivity index (χ3n) is 9.49. The molecule has 0 heterocycles. The number of nitrogens with one attached hydrogen (secondary N) is 1. The lowest BCUT2D eigenvalue weighted by Gasteiger charge is -2.24. The summed E-state index contributed by atoms with van der Waals surface area (Å²) in [6.45, 7) is 6.26. The van der Waals surface area contributed by atoms with Crippen LogP contribution >= 0.6 is 0 Å². The van der Waals surface area contributed by atoms with Gasteiger partial charge in [-0.2, -0.15) is 0 Å². The summed E-state index contributed by atoms with van der Waals surface area (Å²) in [5.41, 5.74) is 0. The molecule has 300 valence electrons. The molecule has 0 radical (unpaired) electrons. The van der Waals surface area contributed by atoms with E-state index in [1.807, 2.05) is 48.6 Å². The van der Waals surface area contributed by atoms with Crippen LogP contribution in [0.2, 0.25) is 0 Å². The largest absolute Gasteiger partial charge is 0.462 e.